The van der Waals surface area contributed by atoms with Crippen LogP contribution in [0, 0.1) is 0 Å². The highest BCUT2D eigenvalue weighted by atomic mass is 16.6. The monoisotopic (exact) mass is 266 g/mol. The SMILES string of the molecule is CCCCC(=O)OCCOCCOc1ccccc1. The van der Waals surface area contributed by atoms with Gasteiger partial charge in [-0.3, -0.25) is 4.79 Å². The van der Waals surface area contributed by atoms with Gasteiger partial charge < -0.3 is 14.2 Å². The van der Waals surface area contributed by atoms with Crippen molar-refractivity contribution in [3.63, 3.8) is 0 Å². The topological polar surface area (TPSA) is 44.8 Å². The summed E-state index contributed by atoms with van der Waals surface area (Å²) in [6.45, 7) is 3.75. The molecule has 0 aliphatic heterocycles. The third-order valence-corrected chi connectivity index (χ3v) is 2.46. The zero-order chi connectivity index (χ0) is 13.8. The molecule has 4 heteroatoms. The van der Waals surface area contributed by atoms with Crippen LogP contribution in [-0.2, 0) is 14.3 Å². The zero-order valence-electron chi connectivity index (χ0n) is 11.5. The number of carbonyl (C=O) groups is 1. The molecule has 1 rings (SSSR count). The Morgan fingerprint density at radius 2 is 1.79 bits per heavy atom. The lowest BCUT2D eigenvalue weighted by molar-refractivity contribution is -0.145. The molecule has 0 heterocycles. The molecule has 0 spiro atoms. The molecular formula is C15H22O4. The lowest BCUT2D eigenvalue weighted by Crippen LogP contribution is -2.13. The van der Waals surface area contributed by atoms with Crippen LogP contribution in [0.5, 0.6) is 5.75 Å². The van der Waals surface area contributed by atoms with Crippen LogP contribution in [0.3, 0.4) is 0 Å². The van der Waals surface area contributed by atoms with Crippen molar-refractivity contribution >= 4 is 5.97 Å². The highest BCUT2D eigenvalue weighted by Crippen LogP contribution is 2.07. The summed E-state index contributed by atoms with van der Waals surface area (Å²) >= 11 is 0. The molecule has 0 fully saturated rings. The first kappa shape index (κ1) is 15.5. The van der Waals surface area contributed by atoms with Gasteiger partial charge in [-0.1, -0.05) is 31.5 Å². The van der Waals surface area contributed by atoms with Crippen molar-refractivity contribution in [2.75, 3.05) is 26.4 Å². The maximum absolute atomic E-state index is 11.2. The number of unbranched alkanes of at least 4 members (excludes halogenated alkanes) is 1. The number of ether oxygens (including phenoxy) is 3. The molecule has 0 aliphatic carbocycles. The maximum Gasteiger partial charge on any atom is 0.305 e. The number of esters is 1. The first-order valence-electron chi connectivity index (χ1n) is 6.74. The number of hydrogen-bond acceptors (Lipinski definition) is 4. The Hall–Kier alpha value is -1.55. The lowest BCUT2D eigenvalue weighted by atomic mass is 10.2. The molecule has 0 atom stereocenters. The lowest BCUT2D eigenvalue weighted by Gasteiger charge is -2.07. The molecule has 4 nitrogen and oxygen atoms in total. The van der Waals surface area contributed by atoms with E-state index in [2.05, 4.69) is 0 Å². The van der Waals surface area contributed by atoms with Crippen molar-refractivity contribution in [2.45, 2.75) is 26.2 Å². The van der Waals surface area contributed by atoms with E-state index in [9.17, 15) is 4.79 Å². The molecule has 0 radical (unpaired) electrons. The normalized spacial score (nSPS) is 10.2. The first-order chi connectivity index (χ1) is 9.33. The van der Waals surface area contributed by atoms with E-state index in [1.807, 2.05) is 37.3 Å². The second kappa shape index (κ2) is 10.4. The Kier molecular flexibility index (Phi) is 8.47. The molecule has 1 aromatic carbocycles. The summed E-state index contributed by atoms with van der Waals surface area (Å²) in [6.07, 6.45) is 2.38. The summed E-state index contributed by atoms with van der Waals surface area (Å²) in [4.78, 5) is 11.2. The molecule has 0 amide bonds. The van der Waals surface area contributed by atoms with Gasteiger partial charge in [-0.2, -0.15) is 0 Å². The highest BCUT2D eigenvalue weighted by molar-refractivity contribution is 5.69. The molecule has 1 aromatic rings. The van der Waals surface area contributed by atoms with Gasteiger partial charge in [-0.25, -0.2) is 0 Å². The average molecular weight is 266 g/mol. The van der Waals surface area contributed by atoms with Crippen molar-refractivity contribution in [1.82, 2.24) is 0 Å². The molecule has 0 bridgehead atoms. The first-order valence-corrected chi connectivity index (χ1v) is 6.74. The summed E-state index contributed by atoms with van der Waals surface area (Å²) in [7, 11) is 0. The fraction of sp³-hybridized carbons (Fsp3) is 0.533. The van der Waals surface area contributed by atoms with Gasteiger partial charge in [0.05, 0.1) is 13.2 Å². The number of carbonyl (C=O) groups excluding carboxylic acids is 1. The molecule has 106 valence electrons. The van der Waals surface area contributed by atoms with Crippen LogP contribution in [-0.4, -0.2) is 32.4 Å². The molecule has 0 unspecified atom stereocenters. The van der Waals surface area contributed by atoms with E-state index >= 15 is 0 Å². The Morgan fingerprint density at radius 1 is 1.05 bits per heavy atom. The quantitative estimate of drug-likeness (QED) is 0.482. The van der Waals surface area contributed by atoms with Gasteiger partial charge in [-0.05, 0) is 18.6 Å². The summed E-state index contributed by atoms with van der Waals surface area (Å²) in [6, 6.07) is 9.58. The molecular weight excluding hydrogens is 244 g/mol. The molecule has 0 aliphatic rings. The van der Waals surface area contributed by atoms with Crippen LogP contribution in [0.25, 0.3) is 0 Å². The standard InChI is InChI=1S/C15H22O4/c1-2-3-9-15(16)19-13-11-17-10-12-18-14-7-5-4-6-8-14/h4-8H,2-3,9-13H2,1H3. The van der Waals surface area contributed by atoms with Crippen molar-refractivity contribution in [3.05, 3.63) is 30.3 Å². The average Bonchev–Trinajstić information content (AvgIpc) is 2.45. The fourth-order valence-electron chi connectivity index (χ4n) is 1.44. The van der Waals surface area contributed by atoms with E-state index in [0.717, 1.165) is 18.6 Å². The van der Waals surface area contributed by atoms with Crippen LogP contribution in [0.4, 0.5) is 0 Å². The number of para-hydroxylation sites is 1. The second-order valence-electron chi connectivity index (χ2n) is 4.10. The van der Waals surface area contributed by atoms with Crippen molar-refractivity contribution < 1.29 is 19.0 Å². The van der Waals surface area contributed by atoms with E-state index in [1.165, 1.54) is 0 Å². The van der Waals surface area contributed by atoms with Gasteiger partial charge in [0.25, 0.3) is 0 Å². The molecule has 19 heavy (non-hydrogen) atoms. The molecule has 0 N–H and O–H groups in total. The van der Waals surface area contributed by atoms with Crippen LogP contribution >= 0.6 is 0 Å². The summed E-state index contributed by atoms with van der Waals surface area (Å²) in [5, 5.41) is 0. The predicted molar refractivity (Wildman–Crippen MR) is 73.2 cm³/mol. The summed E-state index contributed by atoms with van der Waals surface area (Å²) in [5.74, 6) is 0.683. The van der Waals surface area contributed by atoms with Gasteiger partial charge >= 0.3 is 5.97 Å². The Bertz CT molecular complexity index is 337. The minimum absolute atomic E-state index is 0.147. The molecule has 0 saturated carbocycles. The molecule has 0 saturated heterocycles. The second-order valence-corrected chi connectivity index (χ2v) is 4.10. The van der Waals surface area contributed by atoms with Crippen molar-refractivity contribution in [1.29, 1.82) is 0 Å². The van der Waals surface area contributed by atoms with Crippen LogP contribution < -0.4 is 4.74 Å². The van der Waals surface area contributed by atoms with E-state index in [-0.39, 0.29) is 5.97 Å². The van der Waals surface area contributed by atoms with Crippen LogP contribution in [0.1, 0.15) is 26.2 Å². The smallest absolute Gasteiger partial charge is 0.305 e. The van der Waals surface area contributed by atoms with Gasteiger partial charge in [0.15, 0.2) is 0 Å². The van der Waals surface area contributed by atoms with Crippen molar-refractivity contribution in [2.24, 2.45) is 0 Å². The van der Waals surface area contributed by atoms with E-state index in [4.69, 9.17) is 14.2 Å². The summed E-state index contributed by atoms with van der Waals surface area (Å²) in [5.41, 5.74) is 0. The number of benzene rings is 1. The third kappa shape index (κ3) is 8.21. The Balaban J connectivity index is 1.90. The van der Waals surface area contributed by atoms with E-state index < -0.39 is 0 Å². The highest BCUT2D eigenvalue weighted by Gasteiger charge is 2.00. The van der Waals surface area contributed by atoms with Gasteiger partial charge in [0, 0.05) is 6.42 Å². The largest absolute Gasteiger partial charge is 0.491 e. The fourth-order valence-corrected chi connectivity index (χ4v) is 1.44. The van der Waals surface area contributed by atoms with Gasteiger partial charge in [0.2, 0.25) is 0 Å². The predicted octanol–water partition coefficient (Wildman–Crippen LogP) is 2.82. The Morgan fingerprint density at radius 3 is 2.53 bits per heavy atom. The van der Waals surface area contributed by atoms with Gasteiger partial charge in [0.1, 0.15) is 19.0 Å². The maximum atomic E-state index is 11.2. The van der Waals surface area contributed by atoms with E-state index in [0.29, 0.717) is 32.8 Å². The van der Waals surface area contributed by atoms with Gasteiger partial charge in [-0.15, -0.1) is 0 Å². The van der Waals surface area contributed by atoms with Crippen LogP contribution in [0.2, 0.25) is 0 Å². The minimum Gasteiger partial charge on any atom is -0.491 e. The Labute approximate surface area is 114 Å². The van der Waals surface area contributed by atoms with E-state index in [1.54, 1.807) is 0 Å². The van der Waals surface area contributed by atoms with Crippen LogP contribution in [0.15, 0.2) is 30.3 Å². The zero-order valence-corrected chi connectivity index (χ0v) is 11.5. The third-order valence-electron chi connectivity index (χ3n) is 2.46. The minimum atomic E-state index is -0.147. The number of hydrogen-bond donors (Lipinski definition) is 0. The van der Waals surface area contributed by atoms with Crippen molar-refractivity contribution in [3.8, 4) is 5.75 Å². The molecule has 0 aromatic heterocycles. The number of rotatable bonds is 10. The summed E-state index contributed by atoms with van der Waals surface area (Å²) < 4.78 is 15.8.